The number of aromatic nitrogens is 1. The molecule has 4 heteroatoms. The zero-order chi connectivity index (χ0) is 28.5. The molecule has 6 rings (SSSR count). The molecular weight excluding hydrogens is 494 g/mol. The van der Waals surface area contributed by atoms with E-state index < -0.39 is 0 Å². The zero-order valence-corrected chi connectivity index (χ0v) is 25.6. The Balaban J connectivity index is 1.36. The Kier molecular flexibility index (Phi) is 7.28. The van der Waals surface area contributed by atoms with Gasteiger partial charge in [0.1, 0.15) is 0 Å². The first-order valence-electron chi connectivity index (χ1n) is 16.4. The summed E-state index contributed by atoms with van der Waals surface area (Å²) in [5.41, 5.74) is 5.09. The van der Waals surface area contributed by atoms with Gasteiger partial charge in [-0.15, -0.1) is 0 Å². The molecule has 5 aliphatic rings. The molecule has 0 saturated heterocycles. The standard InChI is InChI=1S/C36H55NO3/c1-23-15-30-34(5,32-31(23)33(32,3)4)24(2)36(12-9-28(7-6-14-38)29(36)21-40)22-35(30)11-8-25(18-35)16-27(20-39)17-26-10-13-37-19-26/h10,13,15,19,24-25,27-29,31-32,37-40H,1,6-9,11-12,14,16-18,20-22H2,2-5H3. The number of aromatic amines is 1. The number of aliphatic hydroxyl groups excluding tert-OH is 3. The van der Waals surface area contributed by atoms with Crippen LogP contribution in [0.5, 0.6) is 0 Å². The number of H-pyrrole nitrogens is 1. The van der Waals surface area contributed by atoms with Crippen LogP contribution in [0.25, 0.3) is 0 Å². The molecule has 4 fully saturated rings. The molecule has 2 spiro atoms. The first-order chi connectivity index (χ1) is 19.1. The van der Waals surface area contributed by atoms with E-state index in [1.807, 2.05) is 6.20 Å². The minimum atomic E-state index is 0.128. The molecule has 4 nitrogen and oxygen atoms in total. The highest BCUT2D eigenvalue weighted by Crippen LogP contribution is 2.82. The van der Waals surface area contributed by atoms with Gasteiger partial charge in [0.05, 0.1) is 0 Å². The Bertz CT molecular complexity index is 1120. The van der Waals surface area contributed by atoms with Crippen molar-refractivity contribution in [1.29, 1.82) is 0 Å². The second kappa shape index (κ2) is 10.1. The lowest BCUT2D eigenvalue weighted by atomic mass is 9.41. The van der Waals surface area contributed by atoms with Crippen molar-refractivity contribution in [2.24, 2.45) is 63.1 Å². The number of hydrogen-bond acceptors (Lipinski definition) is 3. The third-order valence-electron chi connectivity index (χ3n) is 13.8. The van der Waals surface area contributed by atoms with E-state index in [2.05, 4.69) is 57.6 Å². The first kappa shape index (κ1) is 28.7. The van der Waals surface area contributed by atoms with Crippen LogP contribution >= 0.6 is 0 Å². The van der Waals surface area contributed by atoms with Crippen LogP contribution < -0.4 is 0 Å². The average Bonchev–Trinajstić information content (AvgIpc) is 3.39. The summed E-state index contributed by atoms with van der Waals surface area (Å²) in [6.07, 6.45) is 17.9. The van der Waals surface area contributed by atoms with Gasteiger partial charge in [0.2, 0.25) is 0 Å². The minimum Gasteiger partial charge on any atom is -0.396 e. The van der Waals surface area contributed by atoms with E-state index in [-0.39, 0.29) is 41.5 Å². The number of aliphatic hydroxyl groups is 3. The molecule has 10 unspecified atom stereocenters. The van der Waals surface area contributed by atoms with Crippen LogP contribution in [0.2, 0.25) is 0 Å². The summed E-state index contributed by atoms with van der Waals surface area (Å²) in [5.74, 6) is 3.51. The van der Waals surface area contributed by atoms with E-state index in [0.29, 0.717) is 41.4 Å². The van der Waals surface area contributed by atoms with Crippen LogP contribution in [0.3, 0.4) is 0 Å². The van der Waals surface area contributed by atoms with Crippen molar-refractivity contribution in [3.8, 4) is 0 Å². The maximum absolute atomic E-state index is 11.0. The van der Waals surface area contributed by atoms with Crippen LogP contribution in [-0.2, 0) is 6.42 Å². The van der Waals surface area contributed by atoms with Crippen LogP contribution in [0.1, 0.15) is 91.0 Å². The van der Waals surface area contributed by atoms with Crippen molar-refractivity contribution in [2.45, 2.75) is 91.9 Å². The van der Waals surface area contributed by atoms with Gasteiger partial charge in [0, 0.05) is 32.2 Å². The molecule has 1 heterocycles. The van der Waals surface area contributed by atoms with Gasteiger partial charge in [-0.3, -0.25) is 0 Å². The fourth-order valence-electron chi connectivity index (χ4n) is 12.2. The third kappa shape index (κ3) is 4.09. The Morgan fingerprint density at radius 1 is 1.12 bits per heavy atom. The minimum absolute atomic E-state index is 0.128. The number of nitrogens with one attached hydrogen (secondary N) is 1. The average molecular weight is 550 g/mol. The van der Waals surface area contributed by atoms with Gasteiger partial charge in [-0.25, -0.2) is 0 Å². The second-order valence-corrected chi connectivity index (χ2v) is 15.9. The highest BCUT2D eigenvalue weighted by molar-refractivity contribution is 5.49. The van der Waals surface area contributed by atoms with Gasteiger partial charge in [-0.2, -0.15) is 0 Å². The summed E-state index contributed by atoms with van der Waals surface area (Å²) in [6.45, 7) is 15.6. The maximum Gasteiger partial charge on any atom is 0.0467 e. The molecule has 1 aromatic rings. The molecule has 40 heavy (non-hydrogen) atoms. The van der Waals surface area contributed by atoms with E-state index in [1.54, 1.807) is 5.57 Å². The molecule has 1 aromatic heterocycles. The van der Waals surface area contributed by atoms with Crippen LogP contribution in [-0.4, -0.2) is 40.1 Å². The molecule has 0 amide bonds. The molecule has 10 atom stereocenters. The number of allylic oxidation sites excluding steroid dienone is 3. The second-order valence-electron chi connectivity index (χ2n) is 15.9. The van der Waals surface area contributed by atoms with E-state index in [0.717, 1.165) is 25.7 Å². The lowest BCUT2D eigenvalue weighted by Gasteiger charge is -2.63. The molecule has 0 aliphatic heterocycles. The predicted molar refractivity (Wildman–Crippen MR) is 161 cm³/mol. The number of fused-ring (bicyclic) bond motifs is 4. The molecule has 0 radical (unpaired) electrons. The van der Waals surface area contributed by atoms with E-state index in [1.165, 1.54) is 49.7 Å². The summed E-state index contributed by atoms with van der Waals surface area (Å²) in [4.78, 5) is 3.18. The number of hydrogen-bond donors (Lipinski definition) is 4. The van der Waals surface area contributed by atoms with E-state index >= 15 is 0 Å². The summed E-state index contributed by atoms with van der Waals surface area (Å²) in [5, 5.41) is 31.0. The SMILES string of the molecule is C=C1C=C2C3(CCC(CC(CO)Cc4cc[nH]c4)C3)CC3(CCC(CCCO)C3CO)C(C)C2(C)C2C1C2(C)C. The van der Waals surface area contributed by atoms with Crippen LogP contribution in [0.4, 0.5) is 0 Å². The summed E-state index contributed by atoms with van der Waals surface area (Å²) >= 11 is 0. The van der Waals surface area contributed by atoms with Gasteiger partial charge in [0.25, 0.3) is 0 Å². The highest BCUT2D eigenvalue weighted by Gasteiger charge is 2.76. The van der Waals surface area contributed by atoms with Crippen LogP contribution in [0.15, 0.2) is 42.3 Å². The molecule has 4 saturated carbocycles. The van der Waals surface area contributed by atoms with Crippen molar-refractivity contribution in [1.82, 2.24) is 4.98 Å². The zero-order valence-electron chi connectivity index (χ0n) is 25.6. The lowest BCUT2D eigenvalue weighted by Crippen LogP contribution is -2.56. The van der Waals surface area contributed by atoms with Crippen molar-refractivity contribution >= 4 is 0 Å². The quantitative estimate of drug-likeness (QED) is 0.270. The van der Waals surface area contributed by atoms with E-state index in [4.69, 9.17) is 0 Å². The summed E-state index contributed by atoms with van der Waals surface area (Å²) in [6, 6.07) is 2.14. The van der Waals surface area contributed by atoms with Gasteiger partial charge in [-0.1, -0.05) is 51.5 Å². The molecule has 222 valence electrons. The fourth-order valence-corrected chi connectivity index (χ4v) is 12.2. The summed E-state index contributed by atoms with van der Waals surface area (Å²) < 4.78 is 0. The molecule has 5 aliphatic carbocycles. The Morgan fingerprint density at radius 2 is 1.93 bits per heavy atom. The normalized spacial score (nSPS) is 44.1. The van der Waals surface area contributed by atoms with Crippen LogP contribution in [0, 0.1) is 63.1 Å². The Hall–Kier alpha value is -1.36. The highest BCUT2D eigenvalue weighted by atomic mass is 16.3. The predicted octanol–water partition coefficient (Wildman–Crippen LogP) is 6.93. The van der Waals surface area contributed by atoms with E-state index in [9.17, 15) is 15.3 Å². The first-order valence-corrected chi connectivity index (χ1v) is 16.4. The van der Waals surface area contributed by atoms with Crippen molar-refractivity contribution in [2.75, 3.05) is 19.8 Å². The monoisotopic (exact) mass is 549 g/mol. The molecule has 0 bridgehead atoms. The van der Waals surface area contributed by atoms with Gasteiger partial charge < -0.3 is 20.3 Å². The Morgan fingerprint density at radius 3 is 2.60 bits per heavy atom. The summed E-state index contributed by atoms with van der Waals surface area (Å²) in [7, 11) is 0. The van der Waals surface area contributed by atoms with Crippen molar-refractivity contribution in [3.05, 3.63) is 47.8 Å². The smallest absolute Gasteiger partial charge is 0.0467 e. The fraction of sp³-hybridized carbons (Fsp3) is 0.778. The van der Waals surface area contributed by atoms with Gasteiger partial charge in [-0.05, 0) is 139 Å². The largest absolute Gasteiger partial charge is 0.396 e. The van der Waals surface area contributed by atoms with Crippen molar-refractivity contribution in [3.63, 3.8) is 0 Å². The number of rotatable bonds is 9. The molecule has 0 aromatic carbocycles. The van der Waals surface area contributed by atoms with Gasteiger partial charge in [0.15, 0.2) is 0 Å². The third-order valence-corrected chi connectivity index (χ3v) is 13.8. The van der Waals surface area contributed by atoms with Gasteiger partial charge >= 0.3 is 0 Å². The Labute approximate surface area is 242 Å². The molecule has 4 N–H and O–H groups in total. The topological polar surface area (TPSA) is 76.5 Å². The lowest BCUT2D eigenvalue weighted by molar-refractivity contribution is -0.0912. The molecular formula is C36H55NO3. The van der Waals surface area contributed by atoms with Crippen molar-refractivity contribution < 1.29 is 15.3 Å². The maximum atomic E-state index is 11.0.